The zero-order valence-corrected chi connectivity index (χ0v) is 14.7. The molecule has 0 radical (unpaired) electrons. The molecule has 0 amide bonds. The van der Waals surface area contributed by atoms with Crippen molar-refractivity contribution in [2.24, 2.45) is 0 Å². The largest absolute Gasteiger partial charge is 0.357 e. The van der Waals surface area contributed by atoms with Crippen LogP contribution in [0.15, 0.2) is 36.5 Å². The number of hydrogen-bond donors (Lipinski definition) is 1. The van der Waals surface area contributed by atoms with Crippen molar-refractivity contribution in [3.8, 4) is 0 Å². The molecular weight excluding hydrogens is 343 g/mol. The third kappa shape index (κ3) is 5.20. The lowest BCUT2D eigenvalue weighted by molar-refractivity contribution is 0.569. The zero-order valence-electron chi connectivity index (χ0n) is 13.9. The molecule has 0 aliphatic carbocycles. The Morgan fingerprint density at radius 1 is 1.08 bits per heavy atom. The van der Waals surface area contributed by atoms with E-state index in [0.717, 1.165) is 31.7 Å². The normalized spacial score (nSPS) is 15.3. The highest BCUT2D eigenvalue weighted by Crippen LogP contribution is 2.17. The van der Waals surface area contributed by atoms with Gasteiger partial charge in [0.15, 0.2) is 0 Å². The molecule has 1 aromatic carbocycles. The first-order valence-electron chi connectivity index (χ1n) is 8.30. The maximum absolute atomic E-state index is 12.9. The van der Waals surface area contributed by atoms with Crippen LogP contribution in [-0.2, 0) is 22.3 Å². The Labute approximate surface area is 147 Å². The van der Waals surface area contributed by atoms with Gasteiger partial charge in [-0.3, -0.25) is 0 Å². The zero-order chi connectivity index (χ0) is 17.7. The van der Waals surface area contributed by atoms with Gasteiger partial charge in [0.05, 0.1) is 12.3 Å². The predicted octanol–water partition coefficient (Wildman–Crippen LogP) is 2.23. The lowest BCUT2D eigenvalue weighted by Crippen LogP contribution is -2.31. The van der Waals surface area contributed by atoms with Crippen molar-refractivity contribution in [1.82, 2.24) is 14.7 Å². The van der Waals surface area contributed by atoms with Crippen LogP contribution in [-0.4, -0.2) is 31.5 Å². The number of sulfonamides is 1. The summed E-state index contributed by atoms with van der Waals surface area (Å²) in [4.78, 5) is 10.8. The summed E-state index contributed by atoms with van der Waals surface area (Å²) >= 11 is 0. The molecule has 2 aromatic rings. The van der Waals surface area contributed by atoms with Gasteiger partial charge in [-0.25, -0.2) is 27.5 Å². The van der Waals surface area contributed by atoms with Crippen molar-refractivity contribution in [2.75, 3.05) is 18.0 Å². The number of nitrogens with zero attached hydrogens (tertiary/aromatic N) is 3. The summed E-state index contributed by atoms with van der Waals surface area (Å²) in [6.45, 7) is 1.96. The lowest BCUT2D eigenvalue weighted by atomic mass is 10.1. The van der Waals surface area contributed by atoms with Crippen molar-refractivity contribution in [1.29, 1.82) is 0 Å². The van der Waals surface area contributed by atoms with Crippen LogP contribution in [0, 0.1) is 5.82 Å². The van der Waals surface area contributed by atoms with E-state index in [1.807, 2.05) is 6.07 Å². The first kappa shape index (κ1) is 17.8. The Balaban J connectivity index is 1.61. The topological polar surface area (TPSA) is 75.2 Å². The van der Waals surface area contributed by atoms with E-state index in [0.29, 0.717) is 11.4 Å². The van der Waals surface area contributed by atoms with Gasteiger partial charge in [0.2, 0.25) is 10.0 Å². The molecule has 8 heteroatoms. The van der Waals surface area contributed by atoms with Crippen LogP contribution in [0.2, 0.25) is 0 Å². The van der Waals surface area contributed by atoms with Crippen LogP contribution in [0.5, 0.6) is 0 Å². The molecule has 1 aromatic heterocycles. The number of aromatic nitrogens is 2. The first-order chi connectivity index (χ1) is 12.0. The fourth-order valence-electron chi connectivity index (χ4n) is 2.80. The van der Waals surface area contributed by atoms with E-state index in [1.54, 1.807) is 6.20 Å². The van der Waals surface area contributed by atoms with Gasteiger partial charge in [-0.1, -0.05) is 12.1 Å². The van der Waals surface area contributed by atoms with E-state index >= 15 is 0 Å². The quantitative estimate of drug-likeness (QED) is 0.851. The molecule has 1 saturated heterocycles. The van der Waals surface area contributed by atoms with E-state index in [9.17, 15) is 12.8 Å². The van der Waals surface area contributed by atoms with Crippen molar-refractivity contribution >= 4 is 15.8 Å². The molecule has 1 N–H and O–H groups in total. The van der Waals surface area contributed by atoms with Gasteiger partial charge in [0, 0.05) is 19.3 Å². The molecular formula is C17H21FN4O2S. The van der Waals surface area contributed by atoms with Gasteiger partial charge in [-0.2, -0.15) is 0 Å². The number of anilines is 1. The van der Waals surface area contributed by atoms with Crippen LogP contribution >= 0.6 is 0 Å². The van der Waals surface area contributed by atoms with Crippen molar-refractivity contribution in [3.63, 3.8) is 0 Å². The van der Waals surface area contributed by atoms with Crippen molar-refractivity contribution in [3.05, 3.63) is 53.7 Å². The number of nitrogens with one attached hydrogen (secondary N) is 1. The molecule has 0 spiro atoms. The number of halogens is 1. The van der Waals surface area contributed by atoms with Gasteiger partial charge in [0.25, 0.3) is 0 Å². The molecule has 1 aliphatic heterocycles. The molecule has 0 bridgehead atoms. The standard InChI is InChI=1S/C17H21FN4O2S/c18-15-6-4-14(5-7-15)13-25(23,24)20-12-16-19-9-8-17(21-16)22-10-2-1-3-11-22/h4-9,20H,1-3,10-13H2. The summed E-state index contributed by atoms with van der Waals surface area (Å²) in [5, 5.41) is 0. The Morgan fingerprint density at radius 2 is 1.80 bits per heavy atom. The fraction of sp³-hybridized carbons (Fsp3) is 0.412. The van der Waals surface area contributed by atoms with Gasteiger partial charge in [-0.15, -0.1) is 0 Å². The lowest BCUT2D eigenvalue weighted by Gasteiger charge is -2.27. The third-order valence-corrected chi connectivity index (χ3v) is 5.39. The Morgan fingerprint density at radius 3 is 2.52 bits per heavy atom. The monoisotopic (exact) mass is 364 g/mol. The van der Waals surface area contributed by atoms with Crippen LogP contribution in [0.25, 0.3) is 0 Å². The number of rotatable bonds is 6. The average molecular weight is 364 g/mol. The van der Waals surface area contributed by atoms with E-state index < -0.39 is 15.8 Å². The molecule has 2 heterocycles. The maximum atomic E-state index is 12.9. The van der Waals surface area contributed by atoms with Crippen molar-refractivity contribution in [2.45, 2.75) is 31.6 Å². The van der Waals surface area contributed by atoms with Gasteiger partial charge in [-0.05, 0) is 43.0 Å². The van der Waals surface area contributed by atoms with Gasteiger partial charge in [0.1, 0.15) is 17.5 Å². The van der Waals surface area contributed by atoms with Gasteiger partial charge < -0.3 is 4.90 Å². The second kappa shape index (κ2) is 7.88. The molecule has 0 atom stereocenters. The summed E-state index contributed by atoms with van der Waals surface area (Å²) in [5.74, 6) is 0.671. The van der Waals surface area contributed by atoms with Crippen LogP contribution in [0.3, 0.4) is 0 Å². The van der Waals surface area contributed by atoms with E-state index in [1.165, 1.54) is 30.7 Å². The highest BCUT2D eigenvalue weighted by Gasteiger charge is 2.15. The molecule has 1 fully saturated rings. The van der Waals surface area contributed by atoms with Gasteiger partial charge >= 0.3 is 0 Å². The average Bonchev–Trinajstić information content (AvgIpc) is 2.63. The molecule has 3 rings (SSSR count). The molecule has 0 saturated carbocycles. The van der Waals surface area contributed by atoms with Crippen LogP contribution in [0.1, 0.15) is 30.7 Å². The minimum absolute atomic E-state index is 0.0329. The Kier molecular flexibility index (Phi) is 5.60. The van der Waals surface area contributed by atoms with E-state index in [4.69, 9.17) is 0 Å². The first-order valence-corrected chi connectivity index (χ1v) is 9.96. The molecule has 6 nitrogen and oxygen atoms in total. The fourth-order valence-corrected chi connectivity index (χ4v) is 3.88. The summed E-state index contributed by atoms with van der Waals surface area (Å²) < 4.78 is 39.7. The summed E-state index contributed by atoms with van der Waals surface area (Å²) in [5.41, 5.74) is 0.525. The smallest absolute Gasteiger partial charge is 0.216 e. The predicted molar refractivity (Wildman–Crippen MR) is 94.0 cm³/mol. The summed E-state index contributed by atoms with van der Waals surface area (Å²) in [6, 6.07) is 7.26. The Hall–Kier alpha value is -2.06. The molecule has 1 aliphatic rings. The third-order valence-electron chi connectivity index (χ3n) is 4.09. The molecule has 0 unspecified atom stereocenters. The van der Waals surface area contributed by atoms with Crippen LogP contribution in [0.4, 0.5) is 10.2 Å². The van der Waals surface area contributed by atoms with Crippen LogP contribution < -0.4 is 9.62 Å². The number of benzene rings is 1. The second-order valence-electron chi connectivity index (χ2n) is 6.09. The maximum Gasteiger partial charge on any atom is 0.216 e. The highest BCUT2D eigenvalue weighted by molar-refractivity contribution is 7.88. The van der Waals surface area contributed by atoms with E-state index in [2.05, 4.69) is 19.6 Å². The van der Waals surface area contributed by atoms with E-state index in [-0.39, 0.29) is 12.3 Å². The Bertz CT molecular complexity index is 806. The number of piperidine rings is 1. The minimum Gasteiger partial charge on any atom is -0.357 e. The summed E-state index contributed by atoms with van der Waals surface area (Å²) in [7, 11) is -3.55. The summed E-state index contributed by atoms with van der Waals surface area (Å²) in [6.07, 6.45) is 5.17. The van der Waals surface area contributed by atoms with Crippen molar-refractivity contribution < 1.29 is 12.8 Å². The minimum atomic E-state index is -3.55. The second-order valence-corrected chi connectivity index (χ2v) is 7.89. The molecule has 25 heavy (non-hydrogen) atoms. The SMILES string of the molecule is O=S(=O)(Cc1ccc(F)cc1)NCc1nccc(N2CCCCC2)n1. The number of hydrogen-bond acceptors (Lipinski definition) is 5. The molecule has 134 valence electrons. The highest BCUT2D eigenvalue weighted by atomic mass is 32.2.